The van der Waals surface area contributed by atoms with Gasteiger partial charge in [0.2, 0.25) is 0 Å². The van der Waals surface area contributed by atoms with Gasteiger partial charge < -0.3 is 10.3 Å². The number of H-pyrrole nitrogens is 1. The summed E-state index contributed by atoms with van der Waals surface area (Å²) in [5.74, 6) is 0. The molecular weight excluding hydrogens is 304 g/mol. The molecule has 2 atom stereocenters. The summed E-state index contributed by atoms with van der Waals surface area (Å²) in [5.41, 5.74) is 5.31. The molecular formula is C20H21ClN2. The third-order valence-electron chi connectivity index (χ3n) is 4.92. The van der Waals surface area contributed by atoms with Crippen molar-refractivity contribution < 1.29 is 0 Å². The van der Waals surface area contributed by atoms with Crippen LogP contribution in [0.4, 0.5) is 0 Å². The van der Waals surface area contributed by atoms with Crippen LogP contribution in [-0.2, 0) is 6.42 Å². The van der Waals surface area contributed by atoms with E-state index in [1.807, 2.05) is 6.07 Å². The van der Waals surface area contributed by atoms with E-state index in [1.54, 1.807) is 0 Å². The molecule has 1 aliphatic rings. The zero-order chi connectivity index (χ0) is 15.8. The summed E-state index contributed by atoms with van der Waals surface area (Å²) in [5, 5.41) is 5.90. The average Bonchev–Trinajstić information content (AvgIpc) is 2.95. The summed E-state index contributed by atoms with van der Waals surface area (Å²) >= 11 is 6.19. The van der Waals surface area contributed by atoms with Crippen LogP contribution in [0.2, 0.25) is 5.02 Å². The van der Waals surface area contributed by atoms with Crippen LogP contribution in [-0.4, -0.2) is 4.98 Å². The first kappa shape index (κ1) is 14.8. The van der Waals surface area contributed by atoms with Crippen LogP contribution >= 0.6 is 11.6 Å². The lowest BCUT2D eigenvalue weighted by Gasteiger charge is -2.27. The summed E-state index contributed by atoms with van der Waals surface area (Å²) in [6.07, 6.45) is 3.52. The molecule has 118 valence electrons. The fourth-order valence-corrected chi connectivity index (χ4v) is 3.91. The molecule has 0 aliphatic heterocycles. The molecule has 1 aliphatic carbocycles. The summed E-state index contributed by atoms with van der Waals surface area (Å²) in [7, 11) is 0. The molecule has 0 bridgehead atoms. The van der Waals surface area contributed by atoms with Gasteiger partial charge in [-0.25, -0.2) is 0 Å². The van der Waals surface area contributed by atoms with Crippen LogP contribution < -0.4 is 5.32 Å². The van der Waals surface area contributed by atoms with Gasteiger partial charge in [-0.3, -0.25) is 0 Å². The van der Waals surface area contributed by atoms with Gasteiger partial charge in [-0.05, 0) is 55.5 Å². The number of rotatable bonds is 3. The monoisotopic (exact) mass is 324 g/mol. The van der Waals surface area contributed by atoms with Gasteiger partial charge in [-0.15, -0.1) is 0 Å². The zero-order valence-corrected chi connectivity index (χ0v) is 14.0. The van der Waals surface area contributed by atoms with E-state index in [9.17, 15) is 0 Å². The van der Waals surface area contributed by atoms with Crippen LogP contribution in [0.15, 0.2) is 48.5 Å². The SMILES string of the molecule is C[C@@H](N[C@@H]1CCCc2c1[nH]c1ccc(Cl)cc21)c1ccccc1. The van der Waals surface area contributed by atoms with Crippen molar-refractivity contribution in [3.63, 3.8) is 0 Å². The summed E-state index contributed by atoms with van der Waals surface area (Å²) < 4.78 is 0. The predicted octanol–water partition coefficient (Wildman–Crippen LogP) is 5.55. The molecule has 0 radical (unpaired) electrons. The Morgan fingerprint density at radius 2 is 2.00 bits per heavy atom. The minimum Gasteiger partial charge on any atom is -0.357 e. The Kier molecular flexibility index (Phi) is 3.88. The molecule has 1 heterocycles. The molecule has 0 unspecified atom stereocenters. The third-order valence-corrected chi connectivity index (χ3v) is 5.16. The Balaban J connectivity index is 1.66. The number of fused-ring (bicyclic) bond motifs is 3. The molecule has 1 aromatic heterocycles. The molecule has 3 heteroatoms. The van der Waals surface area contributed by atoms with Crippen LogP contribution in [0.5, 0.6) is 0 Å². The highest BCUT2D eigenvalue weighted by Gasteiger charge is 2.25. The Bertz CT molecular complexity index is 822. The van der Waals surface area contributed by atoms with Crippen molar-refractivity contribution in [2.24, 2.45) is 0 Å². The van der Waals surface area contributed by atoms with E-state index in [1.165, 1.54) is 40.6 Å². The van der Waals surface area contributed by atoms with Gasteiger partial charge in [0.25, 0.3) is 0 Å². The highest BCUT2D eigenvalue weighted by Crippen LogP contribution is 2.36. The van der Waals surface area contributed by atoms with E-state index in [4.69, 9.17) is 11.6 Å². The number of aromatic nitrogens is 1. The second-order valence-corrected chi connectivity index (χ2v) is 6.89. The molecule has 0 fully saturated rings. The van der Waals surface area contributed by atoms with Crippen molar-refractivity contribution in [2.75, 3.05) is 0 Å². The maximum Gasteiger partial charge on any atom is 0.0480 e. The minimum absolute atomic E-state index is 0.335. The van der Waals surface area contributed by atoms with E-state index < -0.39 is 0 Å². The van der Waals surface area contributed by atoms with Gasteiger partial charge in [0.15, 0.2) is 0 Å². The molecule has 2 aromatic carbocycles. The van der Waals surface area contributed by atoms with Crippen molar-refractivity contribution in [3.8, 4) is 0 Å². The fraction of sp³-hybridized carbons (Fsp3) is 0.300. The summed E-state index contributed by atoms with van der Waals surface area (Å²) in [6.45, 7) is 2.24. The highest BCUT2D eigenvalue weighted by atomic mass is 35.5. The molecule has 2 N–H and O–H groups in total. The van der Waals surface area contributed by atoms with E-state index in [0.29, 0.717) is 12.1 Å². The molecule has 0 saturated carbocycles. The molecule has 3 aromatic rings. The van der Waals surface area contributed by atoms with E-state index in [-0.39, 0.29) is 0 Å². The zero-order valence-electron chi connectivity index (χ0n) is 13.3. The molecule has 4 rings (SSSR count). The van der Waals surface area contributed by atoms with E-state index in [2.05, 4.69) is 59.7 Å². The van der Waals surface area contributed by atoms with Crippen LogP contribution in [0.3, 0.4) is 0 Å². The maximum absolute atomic E-state index is 6.19. The number of hydrogen-bond donors (Lipinski definition) is 2. The normalized spacial score (nSPS) is 18.8. The van der Waals surface area contributed by atoms with Gasteiger partial charge in [0.1, 0.15) is 0 Å². The van der Waals surface area contributed by atoms with Crippen molar-refractivity contribution in [1.82, 2.24) is 10.3 Å². The molecule has 23 heavy (non-hydrogen) atoms. The first-order chi connectivity index (χ1) is 11.2. The van der Waals surface area contributed by atoms with Crippen LogP contribution in [0.25, 0.3) is 10.9 Å². The lowest BCUT2D eigenvalue weighted by molar-refractivity contribution is 0.410. The molecule has 0 spiro atoms. The van der Waals surface area contributed by atoms with Gasteiger partial charge in [-0.2, -0.15) is 0 Å². The minimum atomic E-state index is 0.335. The van der Waals surface area contributed by atoms with Gasteiger partial charge in [0, 0.05) is 33.7 Å². The summed E-state index contributed by atoms with van der Waals surface area (Å²) in [4.78, 5) is 3.63. The van der Waals surface area contributed by atoms with Crippen molar-refractivity contribution >= 4 is 22.5 Å². The number of aromatic amines is 1. The Labute approximate surface area is 141 Å². The van der Waals surface area contributed by atoms with E-state index in [0.717, 1.165) is 11.4 Å². The standard InChI is InChI=1S/C20H21ClN2/c1-13(14-6-3-2-4-7-14)22-19-9-5-8-16-17-12-15(21)10-11-18(17)23-20(16)19/h2-4,6-7,10-13,19,22-23H,5,8-9H2,1H3/t13-,19-/m1/s1. The van der Waals surface area contributed by atoms with Crippen LogP contribution in [0, 0.1) is 0 Å². The van der Waals surface area contributed by atoms with Crippen molar-refractivity contribution in [1.29, 1.82) is 0 Å². The Hall–Kier alpha value is -1.77. The maximum atomic E-state index is 6.19. The number of nitrogens with one attached hydrogen (secondary N) is 2. The topological polar surface area (TPSA) is 27.8 Å². The van der Waals surface area contributed by atoms with Crippen molar-refractivity contribution in [3.05, 3.63) is 70.4 Å². The number of hydrogen-bond acceptors (Lipinski definition) is 1. The summed E-state index contributed by atoms with van der Waals surface area (Å²) in [6, 6.07) is 17.5. The fourth-order valence-electron chi connectivity index (χ4n) is 3.74. The first-order valence-electron chi connectivity index (χ1n) is 8.33. The lowest BCUT2D eigenvalue weighted by Crippen LogP contribution is -2.27. The molecule has 0 amide bonds. The molecule has 2 nitrogen and oxygen atoms in total. The predicted molar refractivity (Wildman–Crippen MR) is 97.0 cm³/mol. The second-order valence-electron chi connectivity index (χ2n) is 6.45. The second kappa shape index (κ2) is 6.03. The smallest absolute Gasteiger partial charge is 0.0480 e. The highest BCUT2D eigenvalue weighted by molar-refractivity contribution is 6.31. The van der Waals surface area contributed by atoms with Crippen LogP contribution in [0.1, 0.15) is 48.7 Å². The first-order valence-corrected chi connectivity index (χ1v) is 8.71. The number of aryl methyl sites for hydroxylation is 1. The number of benzene rings is 2. The van der Waals surface area contributed by atoms with E-state index >= 15 is 0 Å². The number of halogens is 1. The largest absolute Gasteiger partial charge is 0.357 e. The van der Waals surface area contributed by atoms with Crippen molar-refractivity contribution in [2.45, 2.75) is 38.3 Å². The quantitative estimate of drug-likeness (QED) is 0.649. The third kappa shape index (κ3) is 2.77. The van der Waals surface area contributed by atoms with Gasteiger partial charge in [0.05, 0.1) is 0 Å². The average molecular weight is 325 g/mol. The Morgan fingerprint density at radius 3 is 2.83 bits per heavy atom. The Morgan fingerprint density at radius 1 is 1.17 bits per heavy atom. The molecule has 0 saturated heterocycles. The van der Waals surface area contributed by atoms with Gasteiger partial charge in [-0.1, -0.05) is 41.9 Å². The lowest BCUT2D eigenvalue weighted by atomic mass is 9.91. The van der Waals surface area contributed by atoms with Gasteiger partial charge >= 0.3 is 0 Å².